The number of hydrogen-bond acceptors (Lipinski definition) is 8. The normalized spacial score (nSPS) is 10.9. The molecule has 0 aliphatic carbocycles. The maximum absolute atomic E-state index is 9.69. The van der Waals surface area contributed by atoms with Crippen molar-refractivity contribution in [2.24, 2.45) is 0 Å². The highest BCUT2D eigenvalue weighted by Crippen LogP contribution is 2.40. The molecule has 0 aliphatic heterocycles. The molecular weight excluding hydrogens is 1190 g/mol. The van der Waals surface area contributed by atoms with Gasteiger partial charge in [-0.1, -0.05) is 289 Å². The van der Waals surface area contributed by atoms with Gasteiger partial charge < -0.3 is 19.2 Å². The lowest BCUT2D eigenvalue weighted by atomic mass is 9.79. The summed E-state index contributed by atoms with van der Waals surface area (Å²) in [5.74, 6) is 3.92. The van der Waals surface area contributed by atoms with E-state index in [1.54, 1.807) is 6.07 Å². The van der Waals surface area contributed by atoms with Gasteiger partial charge in [-0.3, -0.25) is 4.70 Å². The van der Waals surface area contributed by atoms with Crippen molar-refractivity contribution in [2.45, 2.75) is 0 Å². The van der Waals surface area contributed by atoms with E-state index in [1.165, 1.54) is 21.8 Å². The van der Waals surface area contributed by atoms with Crippen LogP contribution in [0.3, 0.4) is 0 Å². The average molecular weight is 1250 g/mol. The summed E-state index contributed by atoms with van der Waals surface area (Å²) < 4.78 is 5.41. The summed E-state index contributed by atoms with van der Waals surface area (Å²) in [5, 5.41) is 24.2. The molecule has 0 radical (unpaired) electrons. The minimum absolute atomic E-state index is 0. The molecule has 0 atom stereocenters. The van der Waals surface area contributed by atoms with Gasteiger partial charge in [0, 0.05) is 77.5 Å². The zero-order chi connectivity index (χ0) is 60.8. The van der Waals surface area contributed by atoms with E-state index in [1.807, 2.05) is 188 Å². The molecule has 12 aromatic carbocycles. The molecule has 2 N–H and O–H groups in total. The van der Waals surface area contributed by atoms with E-state index >= 15 is 0 Å². The number of rotatable bonds is 10. The van der Waals surface area contributed by atoms with Crippen molar-refractivity contribution in [1.82, 2.24) is 39.0 Å². The Morgan fingerprint density at radius 3 is 0.934 bits per heavy atom. The number of halogens is 2. The monoisotopic (exact) mass is 1250 g/mol. The molecule has 0 amide bonds. The summed E-state index contributed by atoms with van der Waals surface area (Å²) in [5.41, 5.74) is 14.7. The van der Waals surface area contributed by atoms with Gasteiger partial charge in [0.2, 0.25) is 0 Å². The largest absolute Gasteiger partial charge is 0.490 e. The highest BCUT2D eigenvalue weighted by Gasteiger charge is 2.22. The van der Waals surface area contributed by atoms with Gasteiger partial charge in [-0.15, -0.1) is 0 Å². The van der Waals surface area contributed by atoms with Crippen molar-refractivity contribution in [1.29, 1.82) is 0 Å². The number of para-hydroxylation sites is 6. The van der Waals surface area contributed by atoms with Crippen LogP contribution in [0.15, 0.2) is 320 Å². The lowest BCUT2D eigenvalue weighted by molar-refractivity contribution is 0.425. The fourth-order valence-electron chi connectivity index (χ4n) is 11.6. The molecule has 0 saturated heterocycles. The number of aromatic nitrogens is 8. The van der Waals surface area contributed by atoms with Crippen LogP contribution in [0.4, 0.5) is 4.70 Å². The maximum atomic E-state index is 9.69. The minimum Gasteiger partial charge on any atom is -0.423 e. The first-order valence-corrected chi connectivity index (χ1v) is 30.3. The molecule has 16 aromatic rings. The van der Waals surface area contributed by atoms with E-state index in [-0.39, 0.29) is 6.13 Å². The SMILES string of the molecule is Brc1ccccc1-c1nc(-c2ccccc2)nc(-c2ccccc2)n1.F.OB(O)c1ccccc1-n1c2ccccc2c2ccccc21.[2HH].c1ccc(-c2nc(-c3ccccc3)nc(-c3ccccc3-c3ccccc3-n3c4ccccc4c4ccccc43)n2)cc1. The van der Waals surface area contributed by atoms with Gasteiger partial charge in [0.15, 0.2) is 34.9 Å². The summed E-state index contributed by atoms with van der Waals surface area (Å²) >= 11 is 3.59. The van der Waals surface area contributed by atoms with Gasteiger partial charge in [-0.25, -0.2) is 29.9 Å². The third kappa shape index (κ3) is 12.0. The van der Waals surface area contributed by atoms with Crippen LogP contribution in [0.5, 0.6) is 0 Å². The predicted octanol–water partition coefficient (Wildman–Crippen LogP) is 18.1. The van der Waals surface area contributed by atoms with Gasteiger partial charge in [-0.05, 0) is 48.0 Å². The molecule has 13 heteroatoms. The molecule has 0 bridgehead atoms. The third-order valence-corrected chi connectivity index (χ3v) is 16.4. The molecule has 16 rings (SSSR count). The van der Waals surface area contributed by atoms with E-state index in [4.69, 9.17) is 29.9 Å². The van der Waals surface area contributed by atoms with Crippen molar-refractivity contribution >= 4 is 72.1 Å². The summed E-state index contributed by atoms with van der Waals surface area (Å²) in [6, 6.07) is 106. The Morgan fingerprint density at radius 2 is 0.538 bits per heavy atom. The van der Waals surface area contributed by atoms with Crippen molar-refractivity contribution < 1.29 is 16.2 Å². The van der Waals surface area contributed by atoms with Crippen molar-refractivity contribution in [3.63, 3.8) is 0 Å². The summed E-state index contributed by atoms with van der Waals surface area (Å²) in [6.45, 7) is 0. The van der Waals surface area contributed by atoms with E-state index in [9.17, 15) is 10.0 Å². The fraction of sp³-hybridized carbons (Fsp3) is 0. The zero-order valence-corrected chi connectivity index (χ0v) is 50.4. The first-order valence-electron chi connectivity index (χ1n) is 29.5. The van der Waals surface area contributed by atoms with Crippen LogP contribution in [0, 0.1) is 0 Å². The fourth-order valence-corrected chi connectivity index (χ4v) is 12.0. The van der Waals surface area contributed by atoms with Crippen molar-refractivity contribution in [2.75, 3.05) is 0 Å². The first kappa shape index (κ1) is 58.7. The second-order valence-electron chi connectivity index (χ2n) is 21.3. The molecule has 0 saturated carbocycles. The van der Waals surface area contributed by atoms with E-state index < -0.39 is 7.12 Å². The molecular formula is C78H57BBrFN8O2. The second kappa shape index (κ2) is 26.6. The summed E-state index contributed by atoms with van der Waals surface area (Å²) in [7, 11) is -1.50. The Hall–Kier alpha value is -11.3. The van der Waals surface area contributed by atoms with Gasteiger partial charge in [-0.2, -0.15) is 0 Å². The number of fused-ring (bicyclic) bond motifs is 6. The Kier molecular flexibility index (Phi) is 17.1. The van der Waals surface area contributed by atoms with Crippen LogP contribution in [-0.4, -0.2) is 56.2 Å². The van der Waals surface area contributed by atoms with Gasteiger partial charge >= 0.3 is 7.12 Å². The van der Waals surface area contributed by atoms with Crippen LogP contribution in [0.1, 0.15) is 1.43 Å². The van der Waals surface area contributed by atoms with Crippen molar-refractivity contribution in [3.8, 4) is 90.8 Å². The molecule has 0 spiro atoms. The van der Waals surface area contributed by atoms with E-state index in [0.29, 0.717) is 40.4 Å². The van der Waals surface area contributed by atoms with Crippen LogP contribution < -0.4 is 5.46 Å². The molecule has 0 fully saturated rings. The Balaban J connectivity index is 0.000000142. The highest BCUT2D eigenvalue weighted by atomic mass is 79.9. The Bertz CT molecular complexity index is 5000. The number of nitrogens with zero attached hydrogens (tertiary/aromatic N) is 8. The summed E-state index contributed by atoms with van der Waals surface area (Å²) in [6.07, 6.45) is 0. The smallest absolute Gasteiger partial charge is 0.423 e. The zero-order valence-electron chi connectivity index (χ0n) is 48.9. The quantitative estimate of drug-likeness (QED) is 0.130. The minimum atomic E-state index is -1.50. The Morgan fingerprint density at radius 1 is 0.264 bits per heavy atom. The number of benzene rings is 12. The van der Waals surface area contributed by atoms with E-state index in [0.717, 1.165) is 82.2 Å². The highest BCUT2D eigenvalue weighted by molar-refractivity contribution is 9.10. The Labute approximate surface area is 535 Å². The predicted molar refractivity (Wildman–Crippen MR) is 375 cm³/mol. The van der Waals surface area contributed by atoms with Gasteiger partial charge in [0.05, 0.1) is 27.8 Å². The lowest BCUT2D eigenvalue weighted by Crippen LogP contribution is -2.33. The second-order valence-corrected chi connectivity index (χ2v) is 22.1. The maximum Gasteiger partial charge on any atom is 0.490 e. The standard InChI is InChI=1S/C39H26N4.C21H14BrN3.C18H14BNO2.FH.H2/c1-3-15-27(16-4-1)37-40-38(28-17-5-2-6-18-28)42-39(41-37)33-23-8-7-19-29(33)30-20-9-12-24-34(30)43-35-25-13-10-21-31(35)32-22-11-14-26-36(32)43;22-18-14-8-7-13-17(18)21-24-19(15-9-3-1-4-10-15)23-20(25-21)16-11-5-2-6-12-16;21-19(22)15-9-3-6-12-18(15)20-16-10-4-1-7-13(16)14-8-2-5-11-17(14)20;;/h1-26H;1-14H;1-12,21-22H;2*1H/i;;;;1+1. The third-order valence-electron chi connectivity index (χ3n) is 15.7. The molecule has 438 valence electrons. The molecule has 0 unspecified atom stereocenters. The van der Waals surface area contributed by atoms with Crippen LogP contribution in [0.2, 0.25) is 0 Å². The summed E-state index contributed by atoms with van der Waals surface area (Å²) in [4.78, 5) is 29.1. The van der Waals surface area contributed by atoms with Crippen molar-refractivity contribution in [3.05, 3.63) is 320 Å². The van der Waals surface area contributed by atoms with E-state index in [2.05, 4.69) is 146 Å². The molecule has 0 aliphatic rings. The molecule has 10 nitrogen and oxygen atoms in total. The van der Waals surface area contributed by atoms with Gasteiger partial charge in [0.25, 0.3) is 0 Å². The topological polar surface area (TPSA) is 128 Å². The molecule has 4 heterocycles. The van der Waals surface area contributed by atoms with Crippen LogP contribution in [0.25, 0.3) is 134 Å². The average Bonchev–Trinajstić information content (AvgIpc) is 1.60. The molecule has 91 heavy (non-hydrogen) atoms. The van der Waals surface area contributed by atoms with Crippen LogP contribution in [-0.2, 0) is 0 Å². The first-order chi connectivity index (χ1) is 44.4. The lowest BCUT2D eigenvalue weighted by Gasteiger charge is -2.17. The number of hydrogen-bond donors (Lipinski definition) is 2. The van der Waals surface area contributed by atoms with Gasteiger partial charge in [0.1, 0.15) is 0 Å². The molecule has 4 aromatic heterocycles. The van der Waals surface area contributed by atoms with Crippen LogP contribution >= 0.6 is 15.9 Å².